The molecule has 4 heteroatoms. The van der Waals surface area contributed by atoms with Gasteiger partial charge in [0, 0.05) is 30.8 Å². The minimum atomic E-state index is 0.283. The Bertz CT molecular complexity index is 417. The summed E-state index contributed by atoms with van der Waals surface area (Å²) in [6, 6.07) is 5.95. The van der Waals surface area contributed by atoms with Crippen molar-refractivity contribution in [3.63, 3.8) is 0 Å². The van der Waals surface area contributed by atoms with Crippen LogP contribution in [0.4, 0.5) is 0 Å². The maximum atomic E-state index is 9.97. The van der Waals surface area contributed by atoms with E-state index in [1.165, 1.54) is 12.8 Å². The molecule has 1 rings (SSSR count). The fourth-order valence-electron chi connectivity index (χ4n) is 2.78. The van der Waals surface area contributed by atoms with Gasteiger partial charge in [-0.2, -0.15) is 0 Å². The van der Waals surface area contributed by atoms with Crippen LogP contribution in [0.3, 0.4) is 0 Å². The van der Waals surface area contributed by atoms with Crippen LogP contribution in [0.2, 0.25) is 0 Å². The van der Waals surface area contributed by atoms with E-state index in [0.717, 1.165) is 12.1 Å². The molecule has 0 radical (unpaired) electrons. The SMILES string of the molecule is CCC(CC)C(CNCc1ccc(OC)cc1O)N(C)C. The van der Waals surface area contributed by atoms with Gasteiger partial charge in [0.25, 0.3) is 0 Å². The van der Waals surface area contributed by atoms with Crippen LogP contribution < -0.4 is 10.1 Å². The molecular formula is C17H30N2O2. The summed E-state index contributed by atoms with van der Waals surface area (Å²) in [5.74, 6) is 1.65. The fourth-order valence-corrected chi connectivity index (χ4v) is 2.78. The molecule has 0 aliphatic carbocycles. The lowest BCUT2D eigenvalue weighted by atomic mass is 9.93. The van der Waals surface area contributed by atoms with E-state index in [1.54, 1.807) is 13.2 Å². The Morgan fingerprint density at radius 1 is 1.24 bits per heavy atom. The van der Waals surface area contributed by atoms with Gasteiger partial charge in [-0.05, 0) is 26.1 Å². The summed E-state index contributed by atoms with van der Waals surface area (Å²) in [5.41, 5.74) is 0.901. The number of phenols is 1. The molecule has 120 valence electrons. The third kappa shape index (κ3) is 5.21. The van der Waals surface area contributed by atoms with Gasteiger partial charge in [0.15, 0.2) is 0 Å². The maximum Gasteiger partial charge on any atom is 0.123 e. The molecule has 4 nitrogen and oxygen atoms in total. The van der Waals surface area contributed by atoms with Crippen LogP contribution in [0.25, 0.3) is 0 Å². The van der Waals surface area contributed by atoms with Gasteiger partial charge in [-0.3, -0.25) is 0 Å². The van der Waals surface area contributed by atoms with Crippen molar-refractivity contribution in [1.82, 2.24) is 10.2 Å². The van der Waals surface area contributed by atoms with Gasteiger partial charge in [-0.1, -0.05) is 32.8 Å². The number of ether oxygens (including phenoxy) is 1. The zero-order chi connectivity index (χ0) is 15.8. The molecule has 0 bridgehead atoms. The minimum absolute atomic E-state index is 0.283. The van der Waals surface area contributed by atoms with E-state index in [2.05, 4.69) is 38.2 Å². The van der Waals surface area contributed by atoms with Gasteiger partial charge in [0.05, 0.1) is 7.11 Å². The van der Waals surface area contributed by atoms with Gasteiger partial charge in [-0.15, -0.1) is 0 Å². The maximum absolute atomic E-state index is 9.97. The van der Waals surface area contributed by atoms with Crippen molar-refractivity contribution in [2.45, 2.75) is 39.3 Å². The molecule has 2 N–H and O–H groups in total. The fraction of sp³-hybridized carbons (Fsp3) is 0.647. The molecule has 1 aromatic carbocycles. The molecule has 0 aromatic heterocycles. The summed E-state index contributed by atoms with van der Waals surface area (Å²) in [6.45, 7) is 6.09. The zero-order valence-electron chi connectivity index (χ0n) is 14.0. The summed E-state index contributed by atoms with van der Waals surface area (Å²) in [6.07, 6.45) is 2.38. The third-order valence-electron chi connectivity index (χ3n) is 4.22. The lowest BCUT2D eigenvalue weighted by molar-refractivity contribution is 0.194. The molecule has 1 atom stereocenters. The number of nitrogens with one attached hydrogen (secondary N) is 1. The summed E-state index contributed by atoms with van der Waals surface area (Å²) >= 11 is 0. The molecule has 1 aromatic rings. The van der Waals surface area contributed by atoms with E-state index >= 15 is 0 Å². The van der Waals surface area contributed by atoms with E-state index in [4.69, 9.17) is 4.74 Å². The van der Waals surface area contributed by atoms with E-state index in [9.17, 15) is 5.11 Å². The molecule has 0 aliphatic rings. The van der Waals surface area contributed by atoms with E-state index in [1.807, 2.05) is 12.1 Å². The van der Waals surface area contributed by atoms with Gasteiger partial charge < -0.3 is 20.1 Å². The predicted molar refractivity (Wildman–Crippen MR) is 87.9 cm³/mol. The van der Waals surface area contributed by atoms with Crippen molar-refractivity contribution < 1.29 is 9.84 Å². The largest absolute Gasteiger partial charge is 0.507 e. The monoisotopic (exact) mass is 294 g/mol. The number of rotatable bonds is 9. The standard InChI is InChI=1S/C17H30N2O2/c1-6-13(7-2)16(19(3)4)12-18-11-14-8-9-15(21-5)10-17(14)20/h8-10,13,16,18,20H,6-7,11-12H2,1-5H3. The summed E-state index contributed by atoms with van der Waals surface area (Å²) in [5, 5.41) is 13.4. The number of benzene rings is 1. The average molecular weight is 294 g/mol. The molecule has 0 fully saturated rings. The number of phenolic OH excluding ortho intramolecular Hbond substituents is 1. The number of aromatic hydroxyl groups is 1. The van der Waals surface area contributed by atoms with Crippen molar-refractivity contribution in [2.24, 2.45) is 5.92 Å². The van der Waals surface area contributed by atoms with Crippen LogP contribution in [-0.2, 0) is 6.54 Å². The van der Waals surface area contributed by atoms with Crippen LogP contribution in [0.5, 0.6) is 11.5 Å². The highest BCUT2D eigenvalue weighted by Crippen LogP contribution is 2.23. The normalized spacial score (nSPS) is 12.9. The molecule has 21 heavy (non-hydrogen) atoms. The van der Waals surface area contributed by atoms with Gasteiger partial charge >= 0.3 is 0 Å². The Hall–Kier alpha value is -1.26. The highest BCUT2D eigenvalue weighted by Gasteiger charge is 2.20. The summed E-state index contributed by atoms with van der Waals surface area (Å²) in [7, 11) is 5.87. The Morgan fingerprint density at radius 3 is 2.38 bits per heavy atom. The predicted octanol–water partition coefficient (Wildman–Crippen LogP) is 2.86. The molecule has 0 saturated heterocycles. The van der Waals surface area contributed by atoms with E-state index in [-0.39, 0.29) is 5.75 Å². The summed E-state index contributed by atoms with van der Waals surface area (Å²) < 4.78 is 5.10. The third-order valence-corrected chi connectivity index (χ3v) is 4.22. The first-order valence-electron chi connectivity index (χ1n) is 7.76. The van der Waals surface area contributed by atoms with Gasteiger partial charge in [0.2, 0.25) is 0 Å². The number of likely N-dealkylation sites (N-methyl/N-ethyl adjacent to an activating group) is 1. The first-order chi connectivity index (χ1) is 10.0. The highest BCUT2D eigenvalue weighted by molar-refractivity contribution is 5.39. The second-order valence-corrected chi connectivity index (χ2v) is 5.73. The second kappa shape index (κ2) is 8.90. The van der Waals surface area contributed by atoms with Gasteiger partial charge in [0.1, 0.15) is 11.5 Å². The van der Waals surface area contributed by atoms with E-state index < -0.39 is 0 Å². The van der Waals surface area contributed by atoms with Crippen LogP contribution in [-0.4, -0.2) is 43.8 Å². The van der Waals surface area contributed by atoms with Gasteiger partial charge in [-0.25, -0.2) is 0 Å². The Kier molecular flexibility index (Phi) is 7.54. The molecule has 1 unspecified atom stereocenters. The Balaban J connectivity index is 2.58. The lowest BCUT2D eigenvalue weighted by Crippen LogP contribution is -2.42. The van der Waals surface area contributed by atoms with Crippen LogP contribution in [0.1, 0.15) is 32.3 Å². The summed E-state index contributed by atoms with van der Waals surface area (Å²) in [4.78, 5) is 2.29. The Labute approximate surface area is 129 Å². The highest BCUT2D eigenvalue weighted by atomic mass is 16.5. The number of hydrogen-bond acceptors (Lipinski definition) is 4. The van der Waals surface area contributed by atoms with Crippen LogP contribution in [0, 0.1) is 5.92 Å². The zero-order valence-corrected chi connectivity index (χ0v) is 14.0. The first kappa shape index (κ1) is 17.8. The van der Waals surface area contributed by atoms with Crippen molar-refractivity contribution in [2.75, 3.05) is 27.7 Å². The molecule has 0 heterocycles. The molecule has 0 aliphatic heterocycles. The number of nitrogens with zero attached hydrogens (tertiary/aromatic N) is 1. The lowest BCUT2D eigenvalue weighted by Gasteiger charge is -2.31. The molecular weight excluding hydrogens is 264 g/mol. The first-order valence-corrected chi connectivity index (χ1v) is 7.76. The van der Waals surface area contributed by atoms with E-state index in [0.29, 0.717) is 24.3 Å². The quantitative estimate of drug-likeness (QED) is 0.735. The topological polar surface area (TPSA) is 44.7 Å². The van der Waals surface area contributed by atoms with Crippen molar-refractivity contribution >= 4 is 0 Å². The molecule has 0 saturated carbocycles. The number of hydrogen-bond donors (Lipinski definition) is 2. The molecule has 0 spiro atoms. The van der Waals surface area contributed by atoms with Crippen LogP contribution >= 0.6 is 0 Å². The molecule has 0 amide bonds. The van der Waals surface area contributed by atoms with Crippen molar-refractivity contribution in [1.29, 1.82) is 0 Å². The minimum Gasteiger partial charge on any atom is -0.507 e. The number of methoxy groups -OCH3 is 1. The van der Waals surface area contributed by atoms with Crippen molar-refractivity contribution in [3.05, 3.63) is 23.8 Å². The Morgan fingerprint density at radius 2 is 1.90 bits per heavy atom. The average Bonchev–Trinajstić information content (AvgIpc) is 2.47. The van der Waals surface area contributed by atoms with Crippen LogP contribution in [0.15, 0.2) is 18.2 Å². The van der Waals surface area contributed by atoms with Crippen molar-refractivity contribution in [3.8, 4) is 11.5 Å². The second-order valence-electron chi connectivity index (χ2n) is 5.73. The smallest absolute Gasteiger partial charge is 0.123 e.